The third-order valence-corrected chi connectivity index (χ3v) is 2.38. The van der Waals surface area contributed by atoms with Crippen molar-refractivity contribution in [2.24, 2.45) is 0 Å². The van der Waals surface area contributed by atoms with Gasteiger partial charge in [0.1, 0.15) is 0 Å². The molecule has 0 unspecified atom stereocenters. The molecule has 0 saturated heterocycles. The van der Waals surface area contributed by atoms with Crippen LogP contribution in [-0.4, -0.2) is 26.2 Å². The molecule has 0 aliphatic carbocycles. The van der Waals surface area contributed by atoms with E-state index in [2.05, 4.69) is 15.5 Å². The van der Waals surface area contributed by atoms with E-state index in [0.29, 0.717) is 17.9 Å². The molecule has 94 valence electrons. The summed E-state index contributed by atoms with van der Waals surface area (Å²) in [5.41, 5.74) is 0.520. The molecule has 0 bridgehead atoms. The average molecular weight is 246 g/mol. The molecule has 0 amide bonds. The summed E-state index contributed by atoms with van der Waals surface area (Å²) in [6.45, 7) is 2.83. The summed E-state index contributed by atoms with van der Waals surface area (Å²) in [6.07, 6.45) is 0.921. The van der Waals surface area contributed by atoms with Gasteiger partial charge in [0, 0.05) is 6.54 Å². The number of tetrazole rings is 1. The second-order valence-corrected chi connectivity index (χ2v) is 3.76. The maximum absolute atomic E-state index is 11.7. The minimum absolute atomic E-state index is 0.0841. The molecule has 6 heteroatoms. The van der Waals surface area contributed by atoms with E-state index in [1.165, 1.54) is 0 Å². The lowest BCUT2D eigenvalue weighted by molar-refractivity contribution is 0.0456. The van der Waals surface area contributed by atoms with Crippen molar-refractivity contribution in [1.29, 1.82) is 0 Å². The molecule has 0 atom stereocenters. The van der Waals surface area contributed by atoms with Gasteiger partial charge in [-0.3, -0.25) is 0 Å². The Bertz CT molecular complexity index is 510. The van der Waals surface area contributed by atoms with E-state index in [1.807, 2.05) is 13.0 Å². The molecule has 1 aromatic heterocycles. The van der Waals surface area contributed by atoms with Crippen LogP contribution >= 0.6 is 0 Å². The fourth-order valence-electron chi connectivity index (χ4n) is 1.50. The zero-order valence-electron chi connectivity index (χ0n) is 10.1. The van der Waals surface area contributed by atoms with Crippen LogP contribution in [0.3, 0.4) is 0 Å². The molecule has 6 nitrogen and oxygen atoms in total. The summed E-state index contributed by atoms with van der Waals surface area (Å²) in [5, 5.41) is 11.2. The highest BCUT2D eigenvalue weighted by Gasteiger charge is 2.10. The van der Waals surface area contributed by atoms with Crippen molar-refractivity contribution in [3.8, 4) is 0 Å². The average Bonchev–Trinajstić information content (AvgIpc) is 2.85. The fraction of sp³-hybridized carbons (Fsp3) is 0.333. The minimum atomic E-state index is -0.373. The van der Waals surface area contributed by atoms with Crippen LogP contribution < -0.4 is 0 Å². The number of carbonyl (C=O) groups is 1. The summed E-state index contributed by atoms with van der Waals surface area (Å²) >= 11 is 0. The highest BCUT2D eigenvalue weighted by atomic mass is 16.5. The number of hydrogen-bond donors (Lipinski definition) is 0. The first-order valence-electron chi connectivity index (χ1n) is 5.78. The molecule has 0 saturated carbocycles. The van der Waals surface area contributed by atoms with Gasteiger partial charge in [-0.05, 0) is 29.0 Å². The monoisotopic (exact) mass is 246 g/mol. The summed E-state index contributed by atoms with van der Waals surface area (Å²) in [4.78, 5) is 11.7. The Hall–Kier alpha value is -2.24. The second-order valence-electron chi connectivity index (χ2n) is 3.76. The van der Waals surface area contributed by atoms with Crippen LogP contribution in [0.2, 0.25) is 0 Å². The van der Waals surface area contributed by atoms with Gasteiger partial charge in [0.25, 0.3) is 0 Å². The van der Waals surface area contributed by atoms with E-state index in [0.717, 1.165) is 6.42 Å². The number of hydrogen-bond acceptors (Lipinski definition) is 5. The number of esters is 1. The van der Waals surface area contributed by atoms with E-state index in [4.69, 9.17) is 4.74 Å². The SMILES string of the molecule is CCCn1nnnc1COC(=O)c1ccccc1. The first-order chi connectivity index (χ1) is 8.81. The van der Waals surface area contributed by atoms with Gasteiger partial charge in [0.05, 0.1) is 5.56 Å². The lowest BCUT2D eigenvalue weighted by atomic mass is 10.2. The van der Waals surface area contributed by atoms with Crippen LogP contribution in [0.15, 0.2) is 30.3 Å². The molecule has 0 fully saturated rings. The molecule has 1 aromatic carbocycles. The van der Waals surface area contributed by atoms with Crippen LogP contribution in [0, 0.1) is 0 Å². The number of nitrogens with zero attached hydrogens (tertiary/aromatic N) is 4. The molecule has 1 heterocycles. The van der Waals surface area contributed by atoms with E-state index in [1.54, 1.807) is 28.9 Å². The van der Waals surface area contributed by atoms with Crippen molar-refractivity contribution in [2.75, 3.05) is 0 Å². The van der Waals surface area contributed by atoms with Gasteiger partial charge < -0.3 is 4.74 Å². The van der Waals surface area contributed by atoms with Gasteiger partial charge in [-0.1, -0.05) is 25.1 Å². The molecular weight excluding hydrogens is 232 g/mol. The zero-order chi connectivity index (χ0) is 12.8. The van der Waals surface area contributed by atoms with Crippen molar-refractivity contribution >= 4 is 5.97 Å². The van der Waals surface area contributed by atoms with Gasteiger partial charge >= 0.3 is 5.97 Å². The molecule has 0 N–H and O–H groups in total. The van der Waals surface area contributed by atoms with Gasteiger partial charge in [-0.2, -0.15) is 0 Å². The Morgan fingerprint density at radius 1 is 1.33 bits per heavy atom. The van der Waals surface area contributed by atoms with Crippen molar-refractivity contribution in [3.05, 3.63) is 41.7 Å². The van der Waals surface area contributed by atoms with Crippen molar-refractivity contribution < 1.29 is 9.53 Å². The number of ether oxygens (including phenoxy) is 1. The van der Waals surface area contributed by atoms with Crippen LogP contribution in [0.4, 0.5) is 0 Å². The second kappa shape index (κ2) is 5.90. The topological polar surface area (TPSA) is 69.9 Å². The molecule has 18 heavy (non-hydrogen) atoms. The maximum atomic E-state index is 11.7. The molecule has 2 aromatic rings. The number of aromatic nitrogens is 4. The van der Waals surface area contributed by atoms with E-state index in [-0.39, 0.29) is 12.6 Å². The normalized spacial score (nSPS) is 10.3. The third-order valence-electron chi connectivity index (χ3n) is 2.38. The van der Waals surface area contributed by atoms with E-state index >= 15 is 0 Å². The number of aryl methyl sites for hydroxylation is 1. The molecule has 0 aliphatic rings. The Kier molecular flexibility index (Phi) is 4.01. The Morgan fingerprint density at radius 2 is 2.11 bits per heavy atom. The minimum Gasteiger partial charge on any atom is -0.454 e. The Balaban J connectivity index is 1.95. The predicted octanol–water partition coefficient (Wildman–Crippen LogP) is 1.44. The summed E-state index contributed by atoms with van der Waals surface area (Å²) < 4.78 is 6.79. The Morgan fingerprint density at radius 3 is 2.83 bits per heavy atom. The highest BCUT2D eigenvalue weighted by Crippen LogP contribution is 2.04. The van der Waals surface area contributed by atoms with E-state index in [9.17, 15) is 4.79 Å². The molecule has 2 rings (SSSR count). The third kappa shape index (κ3) is 2.91. The van der Waals surface area contributed by atoms with Crippen molar-refractivity contribution in [3.63, 3.8) is 0 Å². The molecule has 0 aliphatic heterocycles. The quantitative estimate of drug-likeness (QED) is 0.746. The van der Waals surface area contributed by atoms with Gasteiger partial charge in [0.15, 0.2) is 12.4 Å². The smallest absolute Gasteiger partial charge is 0.338 e. The molecule has 0 spiro atoms. The lowest BCUT2D eigenvalue weighted by Crippen LogP contribution is -2.10. The van der Waals surface area contributed by atoms with Crippen molar-refractivity contribution in [1.82, 2.24) is 20.2 Å². The van der Waals surface area contributed by atoms with Gasteiger partial charge in [0.2, 0.25) is 0 Å². The van der Waals surface area contributed by atoms with E-state index < -0.39 is 0 Å². The lowest BCUT2D eigenvalue weighted by Gasteiger charge is -2.04. The van der Waals surface area contributed by atoms with Crippen LogP contribution in [0.5, 0.6) is 0 Å². The number of carbonyl (C=O) groups excluding carboxylic acids is 1. The highest BCUT2D eigenvalue weighted by molar-refractivity contribution is 5.89. The molecular formula is C12H14N4O2. The standard InChI is InChI=1S/C12H14N4O2/c1-2-8-16-11(13-14-15-16)9-18-12(17)10-6-4-3-5-7-10/h3-7H,2,8-9H2,1H3. The van der Waals surface area contributed by atoms with Crippen molar-refractivity contribution in [2.45, 2.75) is 26.5 Å². The number of benzene rings is 1. The van der Waals surface area contributed by atoms with Gasteiger partial charge in [-0.15, -0.1) is 5.10 Å². The first kappa shape index (κ1) is 12.2. The first-order valence-corrected chi connectivity index (χ1v) is 5.78. The van der Waals surface area contributed by atoms with Crippen LogP contribution in [-0.2, 0) is 17.9 Å². The summed E-state index contributed by atoms with van der Waals surface area (Å²) in [5.74, 6) is 0.183. The fourth-order valence-corrected chi connectivity index (χ4v) is 1.50. The van der Waals surface area contributed by atoms with Crippen LogP contribution in [0.1, 0.15) is 29.5 Å². The van der Waals surface area contributed by atoms with Crippen LogP contribution in [0.25, 0.3) is 0 Å². The summed E-state index contributed by atoms with van der Waals surface area (Å²) in [6, 6.07) is 8.84. The summed E-state index contributed by atoms with van der Waals surface area (Å²) in [7, 11) is 0. The van der Waals surface area contributed by atoms with Gasteiger partial charge in [-0.25, -0.2) is 9.48 Å². The molecule has 0 radical (unpaired) electrons. The number of rotatable bonds is 5. The Labute approximate surface area is 105 Å². The maximum Gasteiger partial charge on any atom is 0.338 e. The largest absolute Gasteiger partial charge is 0.454 e. The predicted molar refractivity (Wildman–Crippen MR) is 63.7 cm³/mol. The zero-order valence-corrected chi connectivity index (χ0v) is 10.1.